The maximum atomic E-state index is 6.12. The normalized spacial score (nSPS) is 11.2. The Balaban J connectivity index is 1.19. The molecule has 0 radical (unpaired) electrons. The van der Waals surface area contributed by atoms with E-state index in [9.17, 15) is 0 Å². The molecule has 0 bridgehead atoms. The van der Waals surface area contributed by atoms with Crippen LogP contribution in [0.15, 0.2) is 91.1 Å². The maximum Gasteiger partial charge on any atom is 0.128 e. The topological polar surface area (TPSA) is 46.3 Å². The minimum absolute atomic E-state index is 0.792. The Bertz CT molecular complexity index is 1360. The molecule has 0 spiro atoms. The van der Waals surface area contributed by atoms with Crippen molar-refractivity contribution in [3.8, 4) is 17.2 Å². The van der Waals surface area contributed by atoms with Crippen molar-refractivity contribution in [3.63, 3.8) is 0 Å². The highest BCUT2D eigenvalue weighted by molar-refractivity contribution is 5.85. The molecule has 160 valence electrons. The van der Waals surface area contributed by atoms with E-state index in [4.69, 9.17) is 9.47 Å². The van der Waals surface area contributed by atoms with Crippen LogP contribution in [-0.4, -0.2) is 18.6 Å². The molecule has 5 aromatic rings. The van der Waals surface area contributed by atoms with Gasteiger partial charge in [0.1, 0.15) is 17.2 Å². The molecule has 1 heterocycles. The SMILES string of the molecule is COc1ccc2[nH]cc(CCNCc3cccc(Oc4ccc5ccccc5c4)c3)c2c1. The number of nitrogens with one attached hydrogen (secondary N) is 2. The number of aromatic amines is 1. The van der Waals surface area contributed by atoms with Gasteiger partial charge in [-0.25, -0.2) is 0 Å². The minimum atomic E-state index is 0.792. The number of benzene rings is 4. The van der Waals surface area contributed by atoms with Crippen molar-refractivity contribution in [1.29, 1.82) is 0 Å². The third-order valence-corrected chi connectivity index (χ3v) is 5.73. The molecule has 0 unspecified atom stereocenters. The van der Waals surface area contributed by atoms with Crippen LogP contribution in [0.4, 0.5) is 0 Å². The van der Waals surface area contributed by atoms with E-state index >= 15 is 0 Å². The van der Waals surface area contributed by atoms with Crippen LogP contribution in [0.2, 0.25) is 0 Å². The molecule has 4 aromatic carbocycles. The van der Waals surface area contributed by atoms with Gasteiger partial charge in [-0.15, -0.1) is 0 Å². The molecule has 0 aliphatic carbocycles. The number of methoxy groups -OCH3 is 1. The number of H-pyrrole nitrogens is 1. The van der Waals surface area contributed by atoms with Crippen molar-refractivity contribution in [2.45, 2.75) is 13.0 Å². The summed E-state index contributed by atoms with van der Waals surface area (Å²) in [5, 5.41) is 7.16. The van der Waals surface area contributed by atoms with Gasteiger partial charge >= 0.3 is 0 Å². The smallest absolute Gasteiger partial charge is 0.128 e. The van der Waals surface area contributed by atoms with E-state index < -0.39 is 0 Å². The molecule has 4 nitrogen and oxygen atoms in total. The standard InChI is InChI=1S/C28H26N2O2/c1-31-24-11-12-28-27(17-24)23(19-30-28)13-14-29-18-20-5-4-8-25(15-20)32-26-10-9-21-6-2-3-7-22(21)16-26/h2-12,15-17,19,29-30H,13-14,18H2,1H3. The second-order valence-corrected chi connectivity index (χ2v) is 7.91. The van der Waals surface area contributed by atoms with E-state index in [0.717, 1.165) is 42.3 Å². The molecule has 0 fully saturated rings. The van der Waals surface area contributed by atoms with Gasteiger partial charge in [-0.05, 0) is 77.3 Å². The molecule has 0 aliphatic rings. The molecular formula is C28H26N2O2. The third-order valence-electron chi connectivity index (χ3n) is 5.73. The number of rotatable bonds is 8. The Morgan fingerprint density at radius 3 is 2.53 bits per heavy atom. The lowest BCUT2D eigenvalue weighted by atomic mass is 10.1. The highest BCUT2D eigenvalue weighted by Crippen LogP contribution is 2.26. The first-order chi connectivity index (χ1) is 15.8. The highest BCUT2D eigenvalue weighted by Gasteiger charge is 2.06. The molecule has 5 rings (SSSR count). The van der Waals surface area contributed by atoms with Crippen molar-refractivity contribution in [2.24, 2.45) is 0 Å². The lowest BCUT2D eigenvalue weighted by Crippen LogP contribution is -2.16. The van der Waals surface area contributed by atoms with Crippen molar-refractivity contribution in [2.75, 3.05) is 13.7 Å². The summed E-state index contributed by atoms with van der Waals surface area (Å²) in [6.45, 7) is 1.68. The van der Waals surface area contributed by atoms with Gasteiger partial charge in [0.05, 0.1) is 7.11 Å². The van der Waals surface area contributed by atoms with Gasteiger partial charge in [0.15, 0.2) is 0 Å². The van der Waals surface area contributed by atoms with Crippen molar-refractivity contribution >= 4 is 21.7 Å². The van der Waals surface area contributed by atoms with E-state index in [-0.39, 0.29) is 0 Å². The molecular weight excluding hydrogens is 396 g/mol. The fourth-order valence-electron chi connectivity index (χ4n) is 4.03. The lowest BCUT2D eigenvalue weighted by molar-refractivity contribution is 0.415. The Kier molecular flexibility index (Phi) is 5.77. The summed E-state index contributed by atoms with van der Waals surface area (Å²) in [6, 6.07) is 28.9. The van der Waals surface area contributed by atoms with E-state index in [1.165, 1.54) is 27.3 Å². The molecule has 1 aromatic heterocycles. The summed E-state index contributed by atoms with van der Waals surface area (Å²) < 4.78 is 11.5. The average molecular weight is 423 g/mol. The van der Waals surface area contributed by atoms with Crippen LogP contribution in [-0.2, 0) is 13.0 Å². The van der Waals surface area contributed by atoms with Crippen LogP contribution < -0.4 is 14.8 Å². The van der Waals surface area contributed by atoms with E-state index in [1.807, 2.05) is 30.3 Å². The fourth-order valence-corrected chi connectivity index (χ4v) is 4.03. The molecule has 0 saturated carbocycles. The summed E-state index contributed by atoms with van der Waals surface area (Å²) in [6.07, 6.45) is 3.03. The fraction of sp³-hybridized carbons (Fsp3) is 0.143. The van der Waals surface area contributed by atoms with Crippen LogP contribution >= 0.6 is 0 Å². The minimum Gasteiger partial charge on any atom is -0.497 e. The zero-order chi connectivity index (χ0) is 21.8. The molecule has 32 heavy (non-hydrogen) atoms. The Morgan fingerprint density at radius 2 is 1.62 bits per heavy atom. The van der Waals surface area contributed by atoms with Crippen LogP contribution in [0.5, 0.6) is 17.2 Å². The van der Waals surface area contributed by atoms with Crippen LogP contribution in [0.25, 0.3) is 21.7 Å². The lowest BCUT2D eigenvalue weighted by Gasteiger charge is -2.10. The van der Waals surface area contributed by atoms with Gasteiger partial charge in [-0.3, -0.25) is 0 Å². The summed E-state index contributed by atoms with van der Waals surface area (Å²) in [5.74, 6) is 2.58. The summed E-state index contributed by atoms with van der Waals surface area (Å²) in [7, 11) is 1.70. The first-order valence-electron chi connectivity index (χ1n) is 10.9. The average Bonchev–Trinajstić information content (AvgIpc) is 3.24. The summed E-state index contributed by atoms with van der Waals surface area (Å²) in [5.41, 5.74) is 3.63. The van der Waals surface area contributed by atoms with Gasteiger partial charge in [0.25, 0.3) is 0 Å². The number of hydrogen-bond acceptors (Lipinski definition) is 3. The van der Waals surface area contributed by atoms with Crippen LogP contribution in [0, 0.1) is 0 Å². The Labute approximate surface area is 187 Å². The van der Waals surface area contributed by atoms with Gasteiger partial charge in [-0.2, -0.15) is 0 Å². The quantitative estimate of drug-likeness (QED) is 0.282. The number of fused-ring (bicyclic) bond motifs is 2. The van der Waals surface area contributed by atoms with Crippen LogP contribution in [0.1, 0.15) is 11.1 Å². The summed E-state index contributed by atoms with van der Waals surface area (Å²) >= 11 is 0. The third kappa shape index (κ3) is 4.46. The molecule has 0 aliphatic heterocycles. The zero-order valence-corrected chi connectivity index (χ0v) is 18.1. The second kappa shape index (κ2) is 9.16. The number of hydrogen-bond donors (Lipinski definition) is 2. The highest BCUT2D eigenvalue weighted by atomic mass is 16.5. The predicted molar refractivity (Wildman–Crippen MR) is 131 cm³/mol. The van der Waals surface area contributed by atoms with Gasteiger partial charge in [-0.1, -0.05) is 42.5 Å². The monoisotopic (exact) mass is 422 g/mol. The van der Waals surface area contributed by atoms with E-state index in [2.05, 4.69) is 71.1 Å². The molecule has 2 N–H and O–H groups in total. The summed E-state index contributed by atoms with van der Waals surface area (Å²) in [4.78, 5) is 3.34. The van der Waals surface area contributed by atoms with Gasteiger partial charge < -0.3 is 19.8 Å². The zero-order valence-electron chi connectivity index (χ0n) is 18.1. The van der Waals surface area contributed by atoms with Crippen molar-refractivity contribution in [1.82, 2.24) is 10.3 Å². The van der Waals surface area contributed by atoms with Crippen molar-refractivity contribution in [3.05, 3.63) is 102 Å². The Hall–Kier alpha value is -3.76. The molecule has 0 atom stereocenters. The predicted octanol–water partition coefficient (Wildman–Crippen LogP) is 6.45. The number of aromatic nitrogens is 1. The largest absolute Gasteiger partial charge is 0.497 e. The first-order valence-corrected chi connectivity index (χ1v) is 10.9. The second-order valence-electron chi connectivity index (χ2n) is 7.91. The van der Waals surface area contributed by atoms with Gasteiger partial charge in [0.2, 0.25) is 0 Å². The number of ether oxygens (including phenoxy) is 2. The van der Waals surface area contributed by atoms with Gasteiger partial charge in [0, 0.05) is 23.6 Å². The van der Waals surface area contributed by atoms with E-state index in [0.29, 0.717) is 0 Å². The molecule has 4 heteroatoms. The van der Waals surface area contributed by atoms with E-state index in [1.54, 1.807) is 7.11 Å². The first kappa shape index (κ1) is 20.2. The molecule has 0 amide bonds. The van der Waals surface area contributed by atoms with Crippen molar-refractivity contribution < 1.29 is 9.47 Å². The molecule has 0 saturated heterocycles. The Morgan fingerprint density at radius 1 is 0.781 bits per heavy atom. The maximum absolute atomic E-state index is 6.12. The van der Waals surface area contributed by atoms with Crippen LogP contribution in [0.3, 0.4) is 0 Å².